The van der Waals surface area contributed by atoms with Crippen molar-refractivity contribution in [2.45, 2.75) is 19.4 Å². The lowest BCUT2D eigenvalue weighted by atomic mass is 10.0. The first-order chi connectivity index (χ1) is 9.72. The van der Waals surface area contributed by atoms with Gasteiger partial charge < -0.3 is 14.6 Å². The molecule has 5 nitrogen and oxygen atoms in total. The monoisotopic (exact) mass is 279 g/mol. The zero-order chi connectivity index (χ0) is 14.4. The molecule has 1 fully saturated rings. The Morgan fingerprint density at radius 1 is 1.35 bits per heavy atom. The second kappa shape index (κ2) is 7.26. The number of carboxylic acids is 1. The van der Waals surface area contributed by atoms with Crippen LogP contribution in [0.4, 0.5) is 0 Å². The van der Waals surface area contributed by atoms with Crippen LogP contribution in [0.5, 0.6) is 5.75 Å². The second-order valence-corrected chi connectivity index (χ2v) is 4.81. The minimum absolute atomic E-state index is 0.585. The SMILES string of the molecule is CCCOc1ccc(C(C(=O)O)N2CCOCC2)cc1. The van der Waals surface area contributed by atoms with Gasteiger partial charge in [-0.2, -0.15) is 0 Å². The first kappa shape index (κ1) is 14.8. The Hall–Kier alpha value is -1.59. The standard InChI is InChI=1S/C15H21NO4/c1-2-9-20-13-5-3-12(4-6-13)14(15(17)18)16-7-10-19-11-8-16/h3-6,14H,2,7-11H2,1H3,(H,17,18). The van der Waals surface area contributed by atoms with E-state index in [4.69, 9.17) is 9.47 Å². The van der Waals surface area contributed by atoms with E-state index in [2.05, 4.69) is 0 Å². The number of rotatable bonds is 6. The molecule has 1 aromatic carbocycles. The van der Waals surface area contributed by atoms with E-state index in [9.17, 15) is 9.90 Å². The predicted molar refractivity (Wildman–Crippen MR) is 75.0 cm³/mol. The summed E-state index contributed by atoms with van der Waals surface area (Å²) >= 11 is 0. The van der Waals surface area contributed by atoms with Crippen LogP contribution in [0.3, 0.4) is 0 Å². The zero-order valence-corrected chi connectivity index (χ0v) is 11.7. The maximum Gasteiger partial charge on any atom is 0.325 e. The summed E-state index contributed by atoms with van der Waals surface area (Å²) < 4.78 is 10.8. The number of benzene rings is 1. The smallest absolute Gasteiger partial charge is 0.325 e. The number of nitrogens with zero attached hydrogens (tertiary/aromatic N) is 1. The molecule has 1 unspecified atom stereocenters. The minimum Gasteiger partial charge on any atom is -0.494 e. The fourth-order valence-corrected chi connectivity index (χ4v) is 2.31. The van der Waals surface area contributed by atoms with Gasteiger partial charge in [-0.25, -0.2) is 0 Å². The van der Waals surface area contributed by atoms with E-state index in [0.717, 1.165) is 17.7 Å². The van der Waals surface area contributed by atoms with Crippen LogP contribution in [0.15, 0.2) is 24.3 Å². The van der Waals surface area contributed by atoms with Gasteiger partial charge in [-0.05, 0) is 24.1 Å². The van der Waals surface area contributed by atoms with Gasteiger partial charge in [0.05, 0.1) is 19.8 Å². The molecule has 1 heterocycles. The molecule has 1 aliphatic rings. The highest BCUT2D eigenvalue weighted by Gasteiger charge is 2.28. The van der Waals surface area contributed by atoms with E-state index in [1.807, 2.05) is 36.1 Å². The van der Waals surface area contributed by atoms with Gasteiger partial charge in [0.15, 0.2) is 0 Å². The molecular formula is C15H21NO4. The lowest BCUT2D eigenvalue weighted by molar-refractivity contribution is -0.145. The summed E-state index contributed by atoms with van der Waals surface area (Å²) in [6.07, 6.45) is 0.952. The Balaban J connectivity index is 2.10. The highest BCUT2D eigenvalue weighted by Crippen LogP contribution is 2.24. The maximum atomic E-state index is 11.5. The summed E-state index contributed by atoms with van der Waals surface area (Å²) in [5.41, 5.74) is 0.781. The van der Waals surface area contributed by atoms with Crippen LogP contribution < -0.4 is 4.74 Å². The highest BCUT2D eigenvalue weighted by atomic mass is 16.5. The average Bonchev–Trinajstić information content (AvgIpc) is 2.47. The highest BCUT2D eigenvalue weighted by molar-refractivity contribution is 5.75. The van der Waals surface area contributed by atoms with Crippen LogP contribution in [0.2, 0.25) is 0 Å². The third kappa shape index (κ3) is 3.71. The molecule has 5 heteroatoms. The van der Waals surface area contributed by atoms with E-state index in [1.165, 1.54) is 0 Å². The maximum absolute atomic E-state index is 11.5. The molecule has 0 bridgehead atoms. The molecule has 1 atom stereocenters. The number of carboxylic acid groups (broad SMARTS) is 1. The summed E-state index contributed by atoms with van der Waals surface area (Å²) in [7, 11) is 0. The van der Waals surface area contributed by atoms with Crippen LogP contribution in [0, 0.1) is 0 Å². The average molecular weight is 279 g/mol. The van der Waals surface area contributed by atoms with Crippen molar-refractivity contribution < 1.29 is 19.4 Å². The molecular weight excluding hydrogens is 258 g/mol. The molecule has 0 aliphatic carbocycles. The van der Waals surface area contributed by atoms with Gasteiger partial charge >= 0.3 is 5.97 Å². The summed E-state index contributed by atoms with van der Waals surface area (Å²) in [4.78, 5) is 13.5. The Morgan fingerprint density at radius 3 is 2.55 bits per heavy atom. The number of hydrogen-bond acceptors (Lipinski definition) is 4. The topological polar surface area (TPSA) is 59.0 Å². The largest absolute Gasteiger partial charge is 0.494 e. The fourth-order valence-electron chi connectivity index (χ4n) is 2.31. The molecule has 0 saturated carbocycles. The van der Waals surface area contributed by atoms with Crippen molar-refractivity contribution in [1.82, 2.24) is 4.90 Å². The lowest BCUT2D eigenvalue weighted by Crippen LogP contribution is -2.42. The molecule has 0 amide bonds. The number of aliphatic carboxylic acids is 1. The molecule has 0 spiro atoms. The Morgan fingerprint density at radius 2 is 2.00 bits per heavy atom. The zero-order valence-electron chi connectivity index (χ0n) is 11.7. The quantitative estimate of drug-likeness (QED) is 0.862. The molecule has 1 aliphatic heterocycles. The molecule has 2 rings (SSSR count). The molecule has 1 saturated heterocycles. The third-order valence-corrected chi connectivity index (χ3v) is 3.31. The van der Waals surface area contributed by atoms with Crippen molar-refractivity contribution in [2.75, 3.05) is 32.9 Å². The van der Waals surface area contributed by atoms with Crippen LogP contribution in [0.1, 0.15) is 24.9 Å². The summed E-state index contributed by atoms with van der Waals surface area (Å²) in [6, 6.07) is 6.72. The van der Waals surface area contributed by atoms with Gasteiger partial charge in [-0.3, -0.25) is 9.69 Å². The van der Waals surface area contributed by atoms with E-state index in [1.54, 1.807) is 0 Å². The van der Waals surface area contributed by atoms with Crippen molar-refractivity contribution in [1.29, 1.82) is 0 Å². The number of morpholine rings is 1. The Bertz CT molecular complexity index is 426. The van der Waals surface area contributed by atoms with Crippen molar-refractivity contribution in [2.24, 2.45) is 0 Å². The van der Waals surface area contributed by atoms with Crippen molar-refractivity contribution in [3.63, 3.8) is 0 Å². The minimum atomic E-state index is -0.825. The Kier molecular flexibility index (Phi) is 5.38. The summed E-state index contributed by atoms with van der Waals surface area (Å²) in [6.45, 7) is 5.18. The molecule has 1 aromatic rings. The molecule has 0 radical (unpaired) electrons. The molecule has 1 N–H and O–H groups in total. The van der Waals surface area contributed by atoms with Crippen LogP contribution in [-0.2, 0) is 9.53 Å². The van der Waals surface area contributed by atoms with E-state index in [-0.39, 0.29) is 0 Å². The van der Waals surface area contributed by atoms with E-state index >= 15 is 0 Å². The third-order valence-electron chi connectivity index (χ3n) is 3.31. The van der Waals surface area contributed by atoms with Gasteiger partial charge in [-0.1, -0.05) is 19.1 Å². The van der Waals surface area contributed by atoms with E-state index < -0.39 is 12.0 Å². The van der Waals surface area contributed by atoms with Gasteiger partial charge in [0.25, 0.3) is 0 Å². The van der Waals surface area contributed by atoms with Crippen molar-refractivity contribution in [3.8, 4) is 5.75 Å². The van der Waals surface area contributed by atoms with Gasteiger partial charge in [0, 0.05) is 13.1 Å². The molecule has 110 valence electrons. The Labute approximate surface area is 119 Å². The van der Waals surface area contributed by atoms with Crippen molar-refractivity contribution >= 4 is 5.97 Å². The number of ether oxygens (including phenoxy) is 2. The molecule has 20 heavy (non-hydrogen) atoms. The van der Waals surface area contributed by atoms with Crippen LogP contribution in [0.25, 0.3) is 0 Å². The number of hydrogen-bond donors (Lipinski definition) is 1. The van der Waals surface area contributed by atoms with Crippen LogP contribution >= 0.6 is 0 Å². The van der Waals surface area contributed by atoms with Gasteiger partial charge in [0.1, 0.15) is 11.8 Å². The van der Waals surface area contributed by atoms with Gasteiger partial charge in [0.2, 0.25) is 0 Å². The fraction of sp³-hybridized carbons (Fsp3) is 0.533. The predicted octanol–water partition coefficient (Wildman–Crippen LogP) is 1.93. The normalized spacial score (nSPS) is 17.6. The second-order valence-electron chi connectivity index (χ2n) is 4.81. The molecule has 0 aromatic heterocycles. The lowest BCUT2D eigenvalue weighted by Gasteiger charge is -2.32. The number of carbonyl (C=O) groups is 1. The summed E-state index contributed by atoms with van der Waals surface area (Å²) in [5, 5.41) is 9.48. The first-order valence-electron chi connectivity index (χ1n) is 6.99. The van der Waals surface area contributed by atoms with E-state index in [0.29, 0.717) is 32.9 Å². The van der Waals surface area contributed by atoms with Crippen LogP contribution in [-0.4, -0.2) is 48.9 Å². The first-order valence-corrected chi connectivity index (χ1v) is 6.99. The van der Waals surface area contributed by atoms with Crippen molar-refractivity contribution in [3.05, 3.63) is 29.8 Å². The summed E-state index contributed by atoms with van der Waals surface area (Å²) in [5.74, 6) is -0.0455. The van der Waals surface area contributed by atoms with Gasteiger partial charge in [-0.15, -0.1) is 0 Å².